The van der Waals surface area contributed by atoms with Crippen LogP contribution in [0.3, 0.4) is 0 Å². The summed E-state index contributed by atoms with van der Waals surface area (Å²) >= 11 is 0. The Morgan fingerprint density at radius 1 is 1.25 bits per heavy atom. The van der Waals surface area contributed by atoms with Crippen LogP contribution in [0.1, 0.15) is 19.3 Å². The molecule has 2 fully saturated rings. The quantitative estimate of drug-likeness (QED) is 0.786. The number of rotatable bonds is 4. The third kappa shape index (κ3) is 2.35. The number of carbonyl (C=O) groups excluding carboxylic acids is 2. The van der Waals surface area contributed by atoms with E-state index in [1.54, 1.807) is 24.1 Å². The Kier molecular flexibility index (Phi) is 3.34. The van der Waals surface area contributed by atoms with Crippen LogP contribution >= 0.6 is 0 Å². The van der Waals surface area contributed by atoms with Gasteiger partial charge in [0.2, 0.25) is 5.91 Å². The van der Waals surface area contributed by atoms with Gasteiger partial charge < -0.3 is 9.47 Å². The van der Waals surface area contributed by atoms with E-state index in [2.05, 4.69) is 0 Å². The molecular formula is C15H17NO4. The summed E-state index contributed by atoms with van der Waals surface area (Å²) in [6, 6.07) is 6.72. The molecule has 1 saturated carbocycles. The Hall–Kier alpha value is -2.04. The second-order valence-corrected chi connectivity index (χ2v) is 5.15. The molecule has 1 aromatic rings. The molecule has 0 spiro atoms. The van der Waals surface area contributed by atoms with Crippen LogP contribution in [-0.2, 0) is 14.3 Å². The molecule has 106 valence electrons. The lowest BCUT2D eigenvalue weighted by molar-refractivity contribution is -0.140. The van der Waals surface area contributed by atoms with Gasteiger partial charge in [-0.05, 0) is 37.1 Å². The van der Waals surface area contributed by atoms with Gasteiger partial charge in [0.1, 0.15) is 11.8 Å². The summed E-state index contributed by atoms with van der Waals surface area (Å²) in [6.07, 6.45) is 2.38. The maximum absolute atomic E-state index is 12.5. The monoisotopic (exact) mass is 275 g/mol. The van der Waals surface area contributed by atoms with Crippen molar-refractivity contribution in [2.75, 3.05) is 18.6 Å². The highest BCUT2D eigenvalue weighted by atomic mass is 16.5. The van der Waals surface area contributed by atoms with Crippen molar-refractivity contribution >= 4 is 17.6 Å². The maximum Gasteiger partial charge on any atom is 0.329 e. The molecule has 1 heterocycles. The van der Waals surface area contributed by atoms with Crippen LogP contribution in [0.2, 0.25) is 0 Å². The molecule has 1 amide bonds. The number of hydrogen-bond acceptors (Lipinski definition) is 4. The fraction of sp³-hybridized carbons (Fsp3) is 0.467. The second-order valence-electron chi connectivity index (χ2n) is 5.15. The third-order valence-electron chi connectivity index (χ3n) is 3.73. The number of methoxy groups -OCH3 is 1. The van der Waals surface area contributed by atoms with E-state index in [0.29, 0.717) is 13.0 Å². The summed E-state index contributed by atoms with van der Waals surface area (Å²) in [5.74, 6) is 0.501. The summed E-state index contributed by atoms with van der Waals surface area (Å²) < 4.78 is 10.1. The minimum atomic E-state index is -0.489. The highest BCUT2D eigenvalue weighted by Gasteiger charge is 2.42. The number of carbonyl (C=O) groups is 2. The number of cyclic esters (lactones) is 1. The van der Waals surface area contributed by atoms with Crippen molar-refractivity contribution in [2.45, 2.75) is 25.3 Å². The molecule has 0 N–H and O–H groups in total. The highest BCUT2D eigenvalue weighted by Crippen LogP contribution is 2.35. The molecule has 1 aliphatic heterocycles. The molecule has 3 rings (SSSR count). The minimum Gasteiger partial charge on any atom is -0.497 e. The van der Waals surface area contributed by atoms with Gasteiger partial charge in [-0.1, -0.05) is 0 Å². The lowest BCUT2D eigenvalue weighted by Gasteiger charge is -2.26. The molecular weight excluding hydrogens is 258 g/mol. The Labute approximate surface area is 117 Å². The minimum absolute atomic E-state index is 0.0269. The van der Waals surface area contributed by atoms with Crippen molar-refractivity contribution in [3.8, 4) is 5.75 Å². The van der Waals surface area contributed by atoms with E-state index in [1.165, 1.54) is 0 Å². The lowest BCUT2D eigenvalue weighted by atomic mass is 10.1. The van der Waals surface area contributed by atoms with Gasteiger partial charge in [0.05, 0.1) is 13.7 Å². The Bertz CT molecular complexity index is 521. The van der Waals surface area contributed by atoms with E-state index in [1.807, 2.05) is 12.1 Å². The standard InChI is InChI=1S/C15H17NO4/c1-19-12-6-4-11(5-7-12)16(14(17)10-2-3-10)13-8-9-20-15(13)18/h4-7,10,13H,2-3,8-9H2,1H3. The van der Waals surface area contributed by atoms with Crippen molar-refractivity contribution in [3.63, 3.8) is 0 Å². The fourth-order valence-corrected chi connectivity index (χ4v) is 2.45. The molecule has 0 bridgehead atoms. The molecule has 0 radical (unpaired) electrons. The van der Waals surface area contributed by atoms with Gasteiger partial charge in [-0.15, -0.1) is 0 Å². The zero-order valence-electron chi connectivity index (χ0n) is 11.4. The number of anilines is 1. The van der Waals surface area contributed by atoms with Gasteiger partial charge in [-0.3, -0.25) is 9.69 Å². The van der Waals surface area contributed by atoms with E-state index in [9.17, 15) is 9.59 Å². The summed E-state index contributed by atoms with van der Waals surface area (Å²) in [5.41, 5.74) is 0.728. The van der Waals surface area contributed by atoms with Crippen molar-refractivity contribution in [2.24, 2.45) is 5.92 Å². The molecule has 1 unspecified atom stereocenters. The van der Waals surface area contributed by atoms with Crippen LogP contribution in [-0.4, -0.2) is 31.6 Å². The summed E-state index contributed by atoms with van der Waals surface area (Å²) in [5, 5.41) is 0. The number of amides is 1. The predicted octanol–water partition coefficient (Wildman–Crippen LogP) is 1.75. The molecule has 2 aliphatic rings. The first-order chi connectivity index (χ1) is 9.70. The number of nitrogens with zero attached hydrogens (tertiary/aromatic N) is 1. The van der Waals surface area contributed by atoms with Gasteiger partial charge in [-0.25, -0.2) is 4.79 Å². The van der Waals surface area contributed by atoms with Crippen molar-refractivity contribution in [1.29, 1.82) is 0 Å². The lowest BCUT2D eigenvalue weighted by Crippen LogP contribution is -2.44. The van der Waals surface area contributed by atoms with Crippen molar-refractivity contribution < 1.29 is 19.1 Å². The SMILES string of the molecule is COc1ccc(N(C(=O)C2CC2)C2CCOC2=O)cc1. The van der Waals surface area contributed by atoms with Crippen LogP contribution in [0.25, 0.3) is 0 Å². The molecule has 1 aliphatic carbocycles. The topological polar surface area (TPSA) is 55.8 Å². The summed E-state index contributed by atoms with van der Waals surface area (Å²) in [6.45, 7) is 0.383. The van der Waals surface area contributed by atoms with Gasteiger partial charge in [0.25, 0.3) is 0 Å². The van der Waals surface area contributed by atoms with E-state index >= 15 is 0 Å². The van der Waals surface area contributed by atoms with E-state index in [0.717, 1.165) is 24.3 Å². The average Bonchev–Trinajstić information content (AvgIpc) is 3.24. The van der Waals surface area contributed by atoms with Gasteiger partial charge in [-0.2, -0.15) is 0 Å². The number of hydrogen-bond donors (Lipinski definition) is 0. The molecule has 0 aromatic heterocycles. The molecule has 5 nitrogen and oxygen atoms in total. The highest BCUT2D eigenvalue weighted by molar-refractivity contribution is 6.02. The number of ether oxygens (including phenoxy) is 2. The van der Waals surface area contributed by atoms with Crippen LogP contribution in [0.4, 0.5) is 5.69 Å². The van der Waals surface area contributed by atoms with Crippen LogP contribution in [0, 0.1) is 5.92 Å². The molecule has 1 aromatic carbocycles. The predicted molar refractivity (Wildman–Crippen MR) is 72.6 cm³/mol. The van der Waals surface area contributed by atoms with Gasteiger partial charge in [0, 0.05) is 18.0 Å². The smallest absolute Gasteiger partial charge is 0.329 e. The van der Waals surface area contributed by atoms with Crippen LogP contribution in [0.15, 0.2) is 24.3 Å². The molecule has 1 saturated heterocycles. The average molecular weight is 275 g/mol. The normalized spacial score (nSPS) is 21.4. The molecule has 5 heteroatoms. The third-order valence-corrected chi connectivity index (χ3v) is 3.73. The second kappa shape index (κ2) is 5.15. The maximum atomic E-state index is 12.5. The van der Waals surface area contributed by atoms with Gasteiger partial charge >= 0.3 is 5.97 Å². The van der Waals surface area contributed by atoms with E-state index < -0.39 is 6.04 Å². The van der Waals surface area contributed by atoms with Crippen LogP contribution in [0.5, 0.6) is 5.75 Å². The number of esters is 1. The Morgan fingerprint density at radius 2 is 1.95 bits per heavy atom. The number of benzene rings is 1. The van der Waals surface area contributed by atoms with Crippen molar-refractivity contribution in [1.82, 2.24) is 0 Å². The molecule has 1 atom stereocenters. The summed E-state index contributed by atoms with van der Waals surface area (Å²) in [4.78, 5) is 25.9. The van der Waals surface area contributed by atoms with E-state index in [-0.39, 0.29) is 17.8 Å². The first kappa shape index (κ1) is 13.0. The first-order valence-electron chi connectivity index (χ1n) is 6.84. The zero-order valence-corrected chi connectivity index (χ0v) is 11.4. The largest absolute Gasteiger partial charge is 0.497 e. The van der Waals surface area contributed by atoms with Crippen LogP contribution < -0.4 is 9.64 Å². The van der Waals surface area contributed by atoms with Crippen molar-refractivity contribution in [3.05, 3.63) is 24.3 Å². The Balaban J connectivity index is 1.90. The summed E-state index contributed by atoms with van der Waals surface area (Å²) in [7, 11) is 1.59. The van der Waals surface area contributed by atoms with E-state index in [4.69, 9.17) is 9.47 Å². The van der Waals surface area contributed by atoms with Gasteiger partial charge in [0.15, 0.2) is 0 Å². The first-order valence-corrected chi connectivity index (χ1v) is 6.84. The Morgan fingerprint density at radius 3 is 2.45 bits per heavy atom. The zero-order chi connectivity index (χ0) is 14.1. The molecule has 20 heavy (non-hydrogen) atoms. The fourth-order valence-electron chi connectivity index (χ4n) is 2.45.